The Morgan fingerprint density at radius 3 is 2.80 bits per heavy atom. The van der Waals surface area contributed by atoms with Crippen LogP contribution < -0.4 is 19.5 Å². The fourth-order valence-electron chi connectivity index (χ4n) is 3.19. The number of fused-ring (bicyclic) bond motifs is 2. The average Bonchev–Trinajstić information content (AvgIpc) is 2.83. The van der Waals surface area contributed by atoms with Crippen molar-refractivity contribution in [3.63, 3.8) is 0 Å². The maximum Gasteiger partial charge on any atom is 0.255 e. The topological polar surface area (TPSA) is 56.8 Å². The molecule has 25 heavy (non-hydrogen) atoms. The van der Waals surface area contributed by atoms with E-state index in [1.165, 1.54) is 12.1 Å². The molecule has 0 saturated carbocycles. The van der Waals surface area contributed by atoms with Gasteiger partial charge in [0, 0.05) is 5.56 Å². The van der Waals surface area contributed by atoms with Crippen molar-refractivity contribution >= 4 is 5.91 Å². The van der Waals surface area contributed by atoms with E-state index in [4.69, 9.17) is 14.2 Å². The maximum absolute atomic E-state index is 13.7. The Bertz CT molecular complexity index is 808. The Kier molecular flexibility index (Phi) is 4.17. The Balaban J connectivity index is 1.62. The normalized spacial score (nSPS) is 18.5. The summed E-state index contributed by atoms with van der Waals surface area (Å²) in [5.74, 6) is 1.01. The molecule has 2 aliphatic heterocycles. The van der Waals surface area contributed by atoms with Crippen molar-refractivity contribution in [1.82, 2.24) is 5.32 Å². The molecule has 0 radical (unpaired) electrons. The fourth-order valence-corrected chi connectivity index (χ4v) is 3.19. The summed E-state index contributed by atoms with van der Waals surface area (Å²) in [6.07, 6.45) is 1.45. The third-order valence-corrected chi connectivity index (χ3v) is 4.36. The lowest BCUT2D eigenvalue weighted by atomic mass is 10.0. The van der Waals surface area contributed by atoms with E-state index in [9.17, 15) is 9.18 Å². The Hall–Kier alpha value is -2.76. The first-order valence-corrected chi connectivity index (χ1v) is 8.34. The minimum atomic E-state index is -0.350. The third-order valence-electron chi connectivity index (χ3n) is 4.36. The van der Waals surface area contributed by atoms with Gasteiger partial charge in [0.05, 0.1) is 18.2 Å². The van der Waals surface area contributed by atoms with Crippen molar-refractivity contribution in [2.45, 2.75) is 18.9 Å². The molecule has 1 N–H and O–H groups in total. The summed E-state index contributed by atoms with van der Waals surface area (Å²) in [4.78, 5) is 12.8. The van der Waals surface area contributed by atoms with E-state index in [-0.39, 0.29) is 17.8 Å². The van der Waals surface area contributed by atoms with E-state index in [0.29, 0.717) is 54.6 Å². The highest BCUT2D eigenvalue weighted by atomic mass is 19.1. The molecule has 6 heteroatoms. The summed E-state index contributed by atoms with van der Waals surface area (Å²) in [5, 5.41) is 2.99. The number of ether oxygens (including phenoxy) is 3. The molecule has 0 unspecified atom stereocenters. The summed E-state index contributed by atoms with van der Waals surface area (Å²) >= 11 is 0. The van der Waals surface area contributed by atoms with Gasteiger partial charge in [0.25, 0.3) is 5.91 Å². The molecule has 2 aromatic rings. The third kappa shape index (κ3) is 3.12. The highest BCUT2D eigenvalue weighted by Gasteiger charge is 2.26. The van der Waals surface area contributed by atoms with Crippen molar-refractivity contribution in [2.24, 2.45) is 0 Å². The summed E-state index contributed by atoms with van der Waals surface area (Å²) in [7, 11) is 0. The molecule has 5 nitrogen and oxygen atoms in total. The Morgan fingerprint density at radius 1 is 1.04 bits per heavy atom. The highest BCUT2D eigenvalue weighted by molar-refractivity contribution is 5.98. The van der Waals surface area contributed by atoms with Crippen molar-refractivity contribution in [2.75, 3.05) is 19.8 Å². The number of rotatable bonds is 2. The molecule has 130 valence electrons. The highest BCUT2D eigenvalue weighted by Crippen LogP contribution is 2.35. The van der Waals surface area contributed by atoms with Gasteiger partial charge in [-0.25, -0.2) is 4.39 Å². The standard InChI is InChI=1S/C19H18FNO4/c20-12-6-7-16-14(11-12)15(4-2-8-23-16)21-19(22)13-3-1-5-17-18(13)25-10-9-24-17/h1,3,5-7,11,15H,2,4,8-10H2,(H,21,22)/t15-/m0/s1. The summed E-state index contributed by atoms with van der Waals surface area (Å²) in [6.45, 7) is 1.41. The lowest BCUT2D eigenvalue weighted by Gasteiger charge is -2.22. The van der Waals surface area contributed by atoms with E-state index in [0.717, 1.165) is 6.42 Å². The maximum atomic E-state index is 13.7. The van der Waals surface area contributed by atoms with Crippen LogP contribution in [0.1, 0.15) is 34.8 Å². The molecule has 0 bridgehead atoms. The molecule has 4 rings (SSSR count). The molecule has 2 aliphatic rings. The molecule has 0 aliphatic carbocycles. The monoisotopic (exact) mass is 343 g/mol. The number of benzene rings is 2. The Morgan fingerprint density at radius 2 is 1.88 bits per heavy atom. The van der Waals surface area contributed by atoms with Crippen LogP contribution in [0.25, 0.3) is 0 Å². The second kappa shape index (κ2) is 6.63. The summed E-state index contributed by atoms with van der Waals surface area (Å²) in [6, 6.07) is 9.30. The van der Waals surface area contributed by atoms with Crippen molar-refractivity contribution in [3.05, 3.63) is 53.3 Å². The van der Waals surface area contributed by atoms with Gasteiger partial charge in [-0.1, -0.05) is 6.07 Å². The van der Waals surface area contributed by atoms with Crippen LogP contribution in [0.5, 0.6) is 17.2 Å². The summed E-state index contributed by atoms with van der Waals surface area (Å²) in [5.41, 5.74) is 1.08. The summed E-state index contributed by atoms with van der Waals surface area (Å²) < 4.78 is 30.5. The molecular weight excluding hydrogens is 325 g/mol. The van der Waals surface area contributed by atoms with Gasteiger partial charge in [0.2, 0.25) is 0 Å². The van der Waals surface area contributed by atoms with Crippen LogP contribution in [0.4, 0.5) is 4.39 Å². The quantitative estimate of drug-likeness (QED) is 0.909. The number of nitrogens with one attached hydrogen (secondary N) is 1. The van der Waals surface area contributed by atoms with Gasteiger partial charge >= 0.3 is 0 Å². The zero-order chi connectivity index (χ0) is 17.2. The number of carbonyl (C=O) groups excluding carboxylic acids is 1. The minimum Gasteiger partial charge on any atom is -0.493 e. The van der Waals surface area contributed by atoms with E-state index in [2.05, 4.69) is 5.32 Å². The van der Waals surface area contributed by atoms with Crippen molar-refractivity contribution < 1.29 is 23.4 Å². The van der Waals surface area contributed by atoms with Crippen molar-refractivity contribution in [1.29, 1.82) is 0 Å². The number of hydrogen-bond donors (Lipinski definition) is 1. The number of hydrogen-bond acceptors (Lipinski definition) is 4. The number of para-hydroxylation sites is 1. The van der Waals surface area contributed by atoms with Crippen LogP contribution in [0.2, 0.25) is 0 Å². The van der Waals surface area contributed by atoms with E-state index < -0.39 is 0 Å². The van der Waals surface area contributed by atoms with Crippen LogP contribution in [0, 0.1) is 5.82 Å². The van der Waals surface area contributed by atoms with E-state index in [1.54, 1.807) is 24.3 Å². The molecule has 1 atom stereocenters. The van der Waals surface area contributed by atoms with E-state index >= 15 is 0 Å². The average molecular weight is 343 g/mol. The number of carbonyl (C=O) groups is 1. The molecular formula is C19H18FNO4. The van der Waals surface area contributed by atoms with Gasteiger partial charge in [-0.3, -0.25) is 4.79 Å². The minimum absolute atomic E-state index is 0.274. The molecule has 0 aromatic heterocycles. The first-order chi connectivity index (χ1) is 12.2. The van der Waals surface area contributed by atoms with Crippen LogP contribution in [0.3, 0.4) is 0 Å². The van der Waals surface area contributed by atoms with Crippen LogP contribution in [0.15, 0.2) is 36.4 Å². The molecule has 0 spiro atoms. The van der Waals surface area contributed by atoms with Gasteiger partial charge in [0.15, 0.2) is 11.5 Å². The second-order valence-electron chi connectivity index (χ2n) is 6.03. The van der Waals surface area contributed by atoms with Gasteiger partial charge in [-0.05, 0) is 43.2 Å². The van der Waals surface area contributed by atoms with Gasteiger partial charge < -0.3 is 19.5 Å². The smallest absolute Gasteiger partial charge is 0.255 e. The van der Waals surface area contributed by atoms with Gasteiger partial charge in [0.1, 0.15) is 24.8 Å². The number of amides is 1. The van der Waals surface area contributed by atoms with Crippen LogP contribution in [-0.4, -0.2) is 25.7 Å². The molecule has 1 amide bonds. The lowest BCUT2D eigenvalue weighted by molar-refractivity contribution is 0.0923. The second-order valence-corrected chi connectivity index (χ2v) is 6.03. The molecule has 2 aromatic carbocycles. The zero-order valence-corrected chi connectivity index (χ0v) is 13.6. The van der Waals surface area contributed by atoms with Crippen LogP contribution >= 0.6 is 0 Å². The largest absolute Gasteiger partial charge is 0.493 e. The fraction of sp³-hybridized carbons (Fsp3) is 0.316. The predicted molar refractivity (Wildman–Crippen MR) is 88.8 cm³/mol. The van der Waals surface area contributed by atoms with Gasteiger partial charge in [-0.2, -0.15) is 0 Å². The molecule has 0 fully saturated rings. The first kappa shape index (κ1) is 15.7. The van der Waals surface area contributed by atoms with Gasteiger partial charge in [-0.15, -0.1) is 0 Å². The lowest BCUT2D eigenvalue weighted by Crippen LogP contribution is -2.29. The van der Waals surface area contributed by atoms with Crippen LogP contribution in [-0.2, 0) is 0 Å². The first-order valence-electron chi connectivity index (χ1n) is 8.34. The molecule has 2 heterocycles. The van der Waals surface area contributed by atoms with Crippen molar-refractivity contribution in [3.8, 4) is 17.2 Å². The Labute approximate surface area is 144 Å². The molecule has 0 saturated heterocycles. The zero-order valence-electron chi connectivity index (χ0n) is 13.6. The predicted octanol–water partition coefficient (Wildman–Crippen LogP) is 3.24. The number of halogens is 1. The SMILES string of the molecule is O=C(N[C@H]1CCCOc2ccc(F)cc21)c1cccc2c1OCCO2. The van der Waals surface area contributed by atoms with E-state index in [1.807, 2.05) is 0 Å².